The highest BCUT2D eigenvalue weighted by Gasteiger charge is 2.09. The quantitative estimate of drug-likeness (QED) is 0.931. The van der Waals surface area contributed by atoms with Crippen LogP contribution in [0, 0.1) is 5.82 Å². The van der Waals surface area contributed by atoms with Gasteiger partial charge in [-0.2, -0.15) is 0 Å². The summed E-state index contributed by atoms with van der Waals surface area (Å²) in [6.07, 6.45) is 3.91. The van der Waals surface area contributed by atoms with Crippen molar-refractivity contribution < 1.29 is 9.13 Å². The van der Waals surface area contributed by atoms with E-state index in [0.29, 0.717) is 12.2 Å². The van der Waals surface area contributed by atoms with Crippen molar-refractivity contribution in [2.24, 2.45) is 5.73 Å². The van der Waals surface area contributed by atoms with Crippen molar-refractivity contribution in [2.45, 2.75) is 19.4 Å². The van der Waals surface area contributed by atoms with Gasteiger partial charge in [-0.15, -0.1) is 0 Å². The molecular formula is C14H14ClFN2O. The molecule has 0 saturated heterocycles. The number of nitrogens with two attached hydrogens (primary N) is 1. The molecule has 0 aliphatic rings. The monoisotopic (exact) mass is 280 g/mol. The summed E-state index contributed by atoms with van der Waals surface area (Å²) in [5.41, 5.74) is 6.66. The molecule has 3 nitrogen and oxygen atoms in total. The van der Waals surface area contributed by atoms with Gasteiger partial charge in [-0.05, 0) is 37.1 Å². The molecule has 0 aliphatic heterocycles. The summed E-state index contributed by atoms with van der Waals surface area (Å²) in [5.74, 6) is -0.0478. The fourth-order valence-electron chi connectivity index (χ4n) is 1.69. The third-order valence-corrected chi connectivity index (χ3v) is 2.76. The van der Waals surface area contributed by atoms with Gasteiger partial charge < -0.3 is 10.5 Å². The molecule has 0 spiro atoms. The summed E-state index contributed by atoms with van der Waals surface area (Å²) in [4.78, 5) is 4.05. The fraction of sp³-hybridized carbons (Fsp3) is 0.214. The van der Waals surface area contributed by atoms with E-state index < -0.39 is 5.82 Å². The molecule has 0 aliphatic carbocycles. The number of benzene rings is 1. The lowest BCUT2D eigenvalue weighted by atomic mass is 10.1. The number of hydrogen-bond acceptors (Lipinski definition) is 3. The predicted molar refractivity (Wildman–Crippen MR) is 73.1 cm³/mol. The Bertz CT molecular complexity index is 575. The van der Waals surface area contributed by atoms with Crippen LogP contribution in [0.4, 0.5) is 4.39 Å². The molecule has 0 bridgehead atoms. The molecule has 1 atom stereocenters. The van der Waals surface area contributed by atoms with E-state index in [9.17, 15) is 4.39 Å². The minimum absolute atomic E-state index is 0.0252. The Morgan fingerprint density at radius 1 is 1.42 bits per heavy atom. The standard InChI is InChI=1S/C14H14ClFN2O/c1-9(17)5-10-6-11(8-18-7-10)19-13-4-2-3-12(15)14(13)16/h2-4,6-9H,5,17H2,1H3. The summed E-state index contributed by atoms with van der Waals surface area (Å²) in [5, 5.41) is 0.0252. The summed E-state index contributed by atoms with van der Waals surface area (Å²) in [6, 6.07) is 6.42. The zero-order valence-electron chi connectivity index (χ0n) is 10.4. The number of ether oxygens (including phenoxy) is 1. The third kappa shape index (κ3) is 3.66. The van der Waals surface area contributed by atoms with Crippen molar-refractivity contribution in [3.63, 3.8) is 0 Å². The second kappa shape index (κ2) is 5.99. The Balaban J connectivity index is 2.21. The van der Waals surface area contributed by atoms with Gasteiger partial charge in [0.05, 0.1) is 11.2 Å². The number of pyridine rings is 1. The van der Waals surface area contributed by atoms with E-state index in [2.05, 4.69) is 4.98 Å². The normalized spacial score (nSPS) is 12.2. The van der Waals surface area contributed by atoms with E-state index >= 15 is 0 Å². The van der Waals surface area contributed by atoms with E-state index in [4.69, 9.17) is 22.1 Å². The molecule has 0 radical (unpaired) electrons. The first kappa shape index (κ1) is 13.8. The van der Waals surface area contributed by atoms with Gasteiger partial charge in [-0.3, -0.25) is 4.98 Å². The van der Waals surface area contributed by atoms with E-state index in [0.717, 1.165) is 5.56 Å². The molecule has 1 aromatic carbocycles. The summed E-state index contributed by atoms with van der Waals surface area (Å²) >= 11 is 5.69. The van der Waals surface area contributed by atoms with Crippen molar-refractivity contribution >= 4 is 11.6 Å². The molecule has 2 rings (SSSR count). The largest absolute Gasteiger partial charge is 0.453 e. The number of rotatable bonds is 4. The summed E-state index contributed by atoms with van der Waals surface area (Å²) in [6.45, 7) is 1.91. The highest BCUT2D eigenvalue weighted by atomic mass is 35.5. The molecule has 0 saturated carbocycles. The molecule has 2 aromatic rings. The Morgan fingerprint density at radius 3 is 2.95 bits per heavy atom. The lowest BCUT2D eigenvalue weighted by Crippen LogP contribution is -2.17. The van der Waals surface area contributed by atoms with Crippen LogP contribution in [0.5, 0.6) is 11.5 Å². The van der Waals surface area contributed by atoms with Crippen LogP contribution in [0.15, 0.2) is 36.7 Å². The van der Waals surface area contributed by atoms with E-state index in [1.54, 1.807) is 18.3 Å². The molecule has 2 N–H and O–H groups in total. The lowest BCUT2D eigenvalue weighted by Gasteiger charge is -2.09. The number of nitrogens with zero attached hydrogens (tertiary/aromatic N) is 1. The van der Waals surface area contributed by atoms with Crippen molar-refractivity contribution in [2.75, 3.05) is 0 Å². The van der Waals surface area contributed by atoms with Crippen molar-refractivity contribution in [3.05, 3.63) is 53.1 Å². The van der Waals surface area contributed by atoms with Crippen molar-refractivity contribution in [3.8, 4) is 11.5 Å². The van der Waals surface area contributed by atoms with Crippen LogP contribution in [0.25, 0.3) is 0 Å². The zero-order valence-corrected chi connectivity index (χ0v) is 11.2. The fourth-order valence-corrected chi connectivity index (χ4v) is 1.86. The first-order valence-electron chi connectivity index (χ1n) is 5.87. The molecule has 1 aromatic heterocycles. The molecule has 0 amide bonds. The second-order valence-corrected chi connectivity index (χ2v) is 4.77. The van der Waals surface area contributed by atoms with E-state index in [1.807, 2.05) is 6.92 Å². The van der Waals surface area contributed by atoms with Crippen LogP contribution in [0.3, 0.4) is 0 Å². The van der Waals surface area contributed by atoms with Gasteiger partial charge in [0.1, 0.15) is 5.75 Å². The van der Waals surface area contributed by atoms with Gasteiger partial charge >= 0.3 is 0 Å². The Hall–Kier alpha value is -1.65. The van der Waals surface area contributed by atoms with Gasteiger partial charge in [0.25, 0.3) is 0 Å². The van der Waals surface area contributed by atoms with Gasteiger partial charge in [-0.1, -0.05) is 17.7 Å². The first-order valence-corrected chi connectivity index (χ1v) is 6.25. The maximum Gasteiger partial charge on any atom is 0.184 e. The molecule has 1 heterocycles. The zero-order chi connectivity index (χ0) is 13.8. The Morgan fingerprint density at radius 2 is 2.21 bits per heavy atom. The molecule has 0 fully saturated rings. The van der Waals surface area contributed by atoms with Gasteiger partial charge in [0.15, 0.2) is 11.6 Å². The van der Waals surface area contributed by atoms with Gasteiger partial charge in [-0.25, -0.2) is 4.39 Å². The number of aromatic nitrogens is 1. The maximum absolute atomic E-state index is 13.7. The SMILES string of the molecule is CC(N)Cc1cncc(Oc2cccc(Cl)c2F)c1. The van der Waals surface area contributed by atoms with Crippen LogP contribution < -0.4 is 10.5 Å². The van der Waals surface area contributed by atoms with E-state index in [1.165, 1.54) is 18.3 Å². The molecule has 1 unspecified atom stereocenters. The average molecular weight is 281 g/mol. The Kier molecular flexibility index (Phi) is 4.35. The van der Waals surface area contributed by atoms with Crippen LogP contribution in [-0.4, -0.2) is 11.0 Å². The number of halogens is 2. The first-order chi connectivity index (χ1) is 9.06. The molecule has 19 heavy (non-hydrogen) atoms. The van der Waals surface area contributed by atoms with Crippen molar-refractivity contribution in [1.82, 2.24) is 4.98 Å². The maximum atomic E-state index is 13.7. The van der Waals surface area contributed by atoms with Crippen LogP contribution >= 0.6 is 11.6 Å². The average Bonchev–Trinajstić information content (AvgIpc) is 2.35. The highest BCUT2D eigenvalue weighted by Crippen LogP contribution is 2.28. The molecule has 5 heteroatoms. The number of hydrogen-bond donors (Lipinski definition) is 1. The van der Waals surface area contributed by atoms with Crippen molar-refractivity contribution in [1.29, 1.82) is 0 Å². The van der Waals surface area contributed by atoms with Crippen LogP contribution in [-0.2, 0) is 6.42 Å². The molecule has 100 valence electrons. The minimum Gasteiger partial charge on any atom is -0.453 e. The Labute approximate surface area is 116 Å². The van der Waals surface area contributed by atoms with Crippen LogP contribution in [0.1, 0.15) is 12.5 Å². The van der Waals surface area contributed by atoms with Gasteiger partial charge in [0, 0.05) is 12.2 Å². The summed E-state index contributed by atoms with van der Waals surface area (Å²) in [7, 11) is 0. The lowest BCUT2D eigenvalue weighted by molar-refractivity contribution is 0.440. The molecular weight excluding hydrogens is 267 g/mol. The topological polar surface area (TPSA) is 48.1 Å². The minimum atomic E-state index is -0.582. The second-order valence-electron chi connectivity index (χ2n) is 4.36. The smallest absolute Gasteiger partial charge is 0.184 e. The highest BCUT2D eigenvalue weighted by molar-refractivity contribution is 6.30. The summed E-state index contributed by atoms with van der Waals surface area (Å²) < 4.78 is 19.2. The van der Waals surface area contributed by atoms with Gasteiger partial charge in [0.2, 0.25) is 0 Å². The third-order valence-electron chi connectivity index (χ3n) is 2.47. The van der Waals surface area contributed by atoms with Crippen LogP contribution in [0.2, 0.25) is 5.02 Å². The predicted octanol–water partition coefficient (Wildman–Crippen LogP) is 3.56. The van der Waals surface area contributed by atoms with E-state index in [-0.39, 0.29) is 16.8 Å².